The molecule has 2 atom stereocenters. The van der Waals surface area contributed by atoms with Gasteiger partial charge in [0.25, 0.3) is 0 Å². The molecule has 0 aromatic carbocycles. The maximum absolute atomic E-state index is 12.5. The highest BCUT2D eigenvalue weighted by Gasteiger charge is 2.20. The summed E-state index contributed by atoms with van der Waals surface area (Å²) < 4.78 is 0. The molecule has 4 nitrogen and oxygen atoms in total. The van der Waals surface area contributed by atoms with Gasteiger partial charge in [-0.2, -0.15) is 0 Å². The molecule has 0 heterocycles. The molecule has 0 rings (SSSR count). The first-order chi connectivity index (χ1) is 33.7. The van der Waals surface area contributed by atoms with Gasteiger partial charge in [-0.3, -0.25) is 4.79 Å². The lowest BCUT2D eigenvalue weighted by Crippen LogP contribution is -2.45. The van der Waals surface area contributed by atoms with Crippen molar-refractivity contribution in [3.05, 3.63) is 36.5 Å². The standard InChI is InChI=1S/C64H123NO3/c1-3-5-7-9-11-13-15-17-19-21-23-24-25-26-27-28-29-30-31-32-33-34-35-36-37-38-39-40-42-44-46-48-50-52-54-56-58-60-64(68)65-62(61-66)63(67)59-57-55-53-51-49-47-45-43-41-22-20-18-16-14-12-10-8-6-4-2/h15,17,21,23,25-26,62-63,66-67H,3-14,16,18-20,22,24,27-61H2,1-2H3,(H,65,68)/b17-15-,23-21-,26-25-. The van der Waals surface area contributed by atoms with Gasteiger partial charge in [-0.05, 0) is 51.4 Å². The molecule has 3 N–H and O–H groups in total. The van der Waals surface area contributed by atoms with Gasteiger partial charge in [0.2, 0.25) is 5.91 Å². The van der Waals surface area contributed by atoms with E-state index < -0.39 is 12.1 Å². The summed E-state index contributed by atoms with van der Waals surface area (Å²) in [6.07, 6.45) is 81.6. The first-order valence-electron chi connectivity index (χ1n) is 31.2. The van der Waals surface area contributed by atoms with Crippen LogP contribution >= 0.6 is 0 Å². The Bertz CT molecular complexity index is 1040. The van der Waals surface area contributed by atoms with Crippen molar-refractivity contribution in [1.29, 1.82) is 0 Å². The molecule has 0 saturated carbocycles. The minimum atomic E-state index is -0.658. The molecule has 0 bridgehead atoms. The van der Waals surface area contributed by atoms with Crippen LogP contribution in [0.3, 0.4) is 0 Å². The molecule has 0 saturated heterocycles. The zero-order valence-corrected chi connectivity index (χ0v) is 46.4. The first-order valence-corrected chi connectivity index (χ1v) is 31.2. The molecule has 0 fully saturated rings. The maximum atomic E-state index is 12.5. The fourth-order valence-corrected chi connectivity index (χ4v) is 9.90. The van der Waals surface area contributed by atoms with E-state index in [0.29, 0.717) is 12.8 Å². The number of allylic oxidation sites excluding steroid dienone is 6. The van der Waals surface area contributed by atoms with Gasteiger partial charge in [0.15, 0.2) is 0 Å². The van der Waals surface area contributed by atoms with Gasteiger partial charge in [-0.1, -0.05) is 326 Å². The van der Waals surface area contributed by atoms with E-state index >= 15 is 0 Å². The Labute approximate surface area is 427 Å². The van der Waals surface area contributed by atoms with E-state index in [1.165, 1.54) is 283 Å². The number of carbonyl (C=O) groups excluding carboxylic acids is 1. The number of aliphatic hydroxyl groups excluding tert-OH is 2. The van der Waals surface area contributed by atoms with Gasteiger partial charge in [0, 0.05) is 6.42 Å². The van der Waals surface area contributed by atoms with Crippen molar-refractivity contribution in [3.63, 3.8) is 0 Å². The topological polar surface area (TPSA) is 69.6 Å². The molecule has 0 aliphatic heterocycles. The molecule has 0 aliphatic carbocycles. The van der Waals surface area contributed by atoms with Gasteiger partial charge in [-0.25, -0.2) is 0 Å². The first kappa shape index (κ1) is 66.6. The van der Waals surface area contributed by atoms with Gasteiger partial charge in [0.05, 0.1) is 18.8 Å². The molecular formula is C64H123NO3. The smallest absolute Gasteiger partial charge is 0.220 e. The number of hydrogen-bond acceptors (Lipinski definition) is 3. The zero-order chi connectivity index (χ0) is 49.2. The van der Waals surface area contributed by atoms with E-state index in [4.69, 9.17) is 0 Å². The third kappa shape index (κ3) is 55.5. The summed E-state index contributed by atoms with van der Waals surface area (Å²) in [6.45, 7) is 4.38. The van der Waals surface area contributed by atoms with Gasteiger partial charge < -0.3 is 15.5 Å². The molecule has 1 amide bonds. The van der Waals surface area contributed by atoms with Crippen molar-refractivity contribution < 1.29 is 15.0 Å². The number of aliphatic hydroxyl groups is 2. The fraction of sp³-hybridized carbons (Fsp3) is 0.891. The Balaban J connectivity index is 3.39. The Morgan fingerprint density at radius 3 is 0.897 bits per heavy atom. The SMILES string of the molecule is CCCCCCC/C=C\C/C=C\C/C=C\CCCCCCCCCCCCCCCCCCCCCCCCC(=O)NC(CO)C(O)CCCCCCCCCCCCCCCCCCCCC. The van der Waals surface area contributed by atoms with Crippen molar-refractivity contribution in [2.75, 3.05) is 6.61 Å². The third-order valence-electron chi connectivity index (χ3n) is 14.7. The van der Waals surface area contributed by atoms with Crippen molar-refractivity contribution in [2.24, 2.45) is 0 Å². The van der Waals surface area contributed by atoms with Crippen LogP contribution in [0.25, 0.3) is 0 Å². The molecule has 0 radical (unpaired) electrons. The van der Waals surface area contributed by atoms with Crippen LogP contribution in [0.5, 0.6) is 0 Å². The Morgan fingerprint density at radius 2 is 0.603 bits per heavy atom. The number of carbonyl (C=O) groups is 1. The number of hydrogen-bond donors (Lipinski definition) is 3. The second-order valence-electron chi connectivity index (χ2n) is 21.5. The molecule has 402 valence electrons. The quantitative estimate of drug-likeness (QED) is 0.0420. The average molecular weight is 955 g/mol. The monoisotopic (exact) mass is 954 g/mol. The normalized spacial score (nSPS) is 12.9. The van der Waals surface area contributed by atoms with Gasteiger partial charge >= 0.3 is 0 Å². The van der Waals surface area contributed by atoms with E-state index in [2.05, 4.69) is 55.6 Å². The van der Waals surface area contributed by atoms with Crippen LogP contribution in [0, 0.1) is 0 Å². The highest BCUT2D eigenvalue weighted by molar-refractivity contribution is 5.76. The number of rotatable bonds is 58. The Kier molecular flexibility index (Phi) is 58.7. The van der Waals surface area contributed by atoms with Crippen LogP contribution in [0.2, 0.25) is 0 Å². The van der Waals surface area contributed by atoms with Crippen LogP contribution in [0.4, 0.5) is 0 Å². The van der Waals surface area contributed by atoms with Crippen LogP contribution in [-0.4, -0.2) is 34.9 Å². The zero-order valence-electron chi connectivity index (χ0n) is 46.4. The molecule has 68 heavy (non-hydrogen) atoms. The molecule has 0 aromatic rings. The molecule has 0 aromatic heterocycles. The minimum absolute atomic E-state index is 0.0243. The van der Waals surface area contributed by atoms with E-state index in [-0.39, 0.29) is 12.5 Å². The lowest BCUT2D eigenvalue weighted by molar-refractivity contribution is -0.123. The molecule has 0 aliphatic rings. The molecule has 0 spiro atoms. The van der Waals surface area contributed by atoms with E-state index in [1.807, 2.05) is 0 Å². The average Bonchev–Trinajstić information content (AvgIpc) is 3.34. The van der Waals surface area contributed by atoms with Crippen molar-refractivity contribution in [3.8, 4) is 0 Å². The van der Waals surface area contributed by atoms with Crippen molar-refractivity contribution >= 4 is 5.91 Å². The predicted octanol–water partition coefficient (Wildman–Crippen LogP) is 20.8. The van der Waals surface area contributed by atoms with Crippen LogP contribution in [0.1, 0.15) is 348 Å². The lowest BCUT2D eigenvalue weighted by Gasteiger charge is -2.22. The second-order valence-corrected chi connectivity index (χ2v) is 21.5. The van der Waals surface area contributed by atoms with Crippen LogP contribution < -0.4 is 5.32 Å². The summed E-state index contributed by atoms with van der Waals surface area (Å²) in [6, 6.07) is -0.535. The minimum Gasteiger partial charge on any atom is -0.394 e. The van der Waals surface area contributed by atoms with Gasteiger partial charge in [0.1, 0.15) is 0 Å². The van der Waals surface area contributed by atoms with E-state index in [0.717, 1.165) is 38.5 Å². The summed E-state index contributed by atoms with van der Waals surface area (Å²) in [5.41, 5.74) is 0. The highest BCUT2D eigenvalue weighted by atomic mass is 16.3. The van der Waals surface area contributed by atoms with Crippen molar-refractivity contribution in [2.45, 2.75) is 360 Å². The third-order valence-corrected chi connectivity index (χ3v) is 14.7. The largest absolute Gasteiger partial charge is 0.394 e. The fourth-order valence-electron chi connectivity index (χ4n) is 9.90. The van der Waals surface area contributed by atoms with Crippen LogP contribution in [0.15, 0.2) is 36.5 Å². The summed E-state index contributed by atoms with van der Waals surface area (Å²) in [5.74, 6) is -0.0243. The summed E-state index contributed by atoms with van der Waals surface area (Å²) >= 11 is 0. The number of nitrogens with one attached hydrogen (secondary N) is 1. The van der Waals surface area contributed by atoms with Crippen LogP contribution in [-0.2, 0) is 4.79 Å². The Morgan fingerprint density at radius 1 is 0.353 bits per heavy atom. The Hall–Kier alpha value is -1.39. The number of unbranched alkanes of at least 4 members (excludes halogenated alkanes) is 45. The predicted molar refractivity (Wildman–Crippen MR) is 304 cm³/mol. The second kappa shape index (κ2) is 59.9. The summed E-state index contributed by atoms with van der Waals surface area (Å²) in [4.78, 5) is 12.5. The molecule has 4 heteroatoms. The highest BCUT2D eigenvalue weighted by Crippen LogP contribution is 2.18. The lowest BCUT2D eigenvalue weighted by atomic mass is 10.0. The molecule has 2 unspecified atom stereocenters. The van der Waals surface area contributed by atoms with E-state index in [1.54, 1.807) is 0 Å². The number of amides is 1. The maximum Gasteiger partial charge on any atom is 0.220 e. The molecular weight excluding hydrogens is 831 g/mol. The summed E-state index contributed by atoms with van der Waals surface area (Å²) in [5, 5.41) is 23.4. The summed E-state index contributed by atoms with van der Waals surface area (Å²) in [7, 11) is 0. The van der Waals surface area contributed by atoms with Crippen molar-refractivity contribution in [1.82, 2.24) is 5.32 Å². The van der Waals surface area contributed by atoms with E-state index in [9.17, 15) is 15.0 Å². The van der Waals surface area contributed by atoms with Gasteiger partial charge in [-0.15, -0.1) is 0 Å².